The monoisotopic (exact) mass is 426 g/mol. The maximum Gasteiger partial charge on any atom is 0.242 e. The molecule has 2 rings (SSSR count). The summed E-state index contributed by atoms with van der Waals surface area (Å²) in [6, 6.07) is 0.891. The molecule has 2 atom stereocenters. The highest BCUT2D eigenvalue weighted by molar-refractivity contribution is 14.0. The highest BCUT2D eigenvalue weighted by Crippen LogP contribution is 2.27. The van der Waals surface area contributed by atoms with Crippen LogP contribution in [0.15, 0.2) is 4.99 Å². The zero-order chi connectivity index (χ0) is 14.4. The Labute approximate surface area is 148 Å². The van der Waals surface area contributed by atoms with E-state index in [1.807, 2.05) is 18.7 Å². The molecule has 2 unspecified atom stereocenters. The predicted molar refractivity (Wildman–Crippen MR) is 101 cm³/mol. The van der Waals surface area contributed by atoms with Crippen molar-refractivity contribution < 1.29 is 4.79 Å². The zero-order valence-electron chi connectivity index (χ0n) is 12.9. The van der Waals surface area contributed by atoms with Crippen molar-refractivity contribution in [2.45, 2.75) is 56.4 Å². The minimum atomic E-state index is 0. The van der Waals surface area contributed by atoms with Crippen LogP contribution in [0.5, 0.6) is 0 Å². The van der Waals surface area contributed by atoms with Gasteiger partial charge in [0.25, 0.3) is 0 Å². The summed E-state index contributed by atoms with van der Waals surface area (Å²) in [6.45, 7) is 3.07. The minimum Gasteiger partial charge on any atom is -0.357 e. The Morgan fingerprint density at radius 2 is 1.90 bits per heavy atom. The van der Waals surface area contributed by atoms with Crippen molar-refractivity contribution in [1.82, 2.24) is 16.0 Å². The lowest BCUT2D eigenvalue weighted by atomic mass is 10.2. The van der Waals surface area contributed by atoms with Gasteiger partial charge in [-0.15, -0.1) is 24.0 Å². The largest absolute Gasteiger partial charge is 0.357 e. The molecule has 5 nitrogen and oxygen atoms in total. The third kappa shape index (κ3) is 7.08. The molecule has 0 heterocycles. The summed E-state index contributed by atoms with van der Waals surface area (Å²) in [7, 11) is 0. The van der Waals surface area contributed by atoms with Crippen LogP contribution in [0.2, 0.25) is 0 Å². The topological polar surface area (TPSA) is 65.5 Å². The fraction of sp³-hybridized carbons (Fsp3) is 0.857. The Morgan fingerprint density at radius 3 is 2.48 bits per heavy atom. The van der Waals surface area contributed by atoms with E-state index in [2.05, 4.69) is 27.2 Å². The fourth-order valence-corrected chi connectivity index (χ4v) is 3.25. The standard InChI is InChI=1S/C14H26N4OS.HI/c1-3-15-14(16-9-13(19)17-10-4-5-10)18-11-6-7-12(8-11)20-2;/h10-12H,3-9H2,1-2H3,(H,17,19)(H2,15,16,18);1H. The number of amides is 1. The molecule has 0 aromatic heterocycles. The van der Waals surface area contributed by atoms with E-state index in [-0.39, 0.29) is 36.4 Å². The van der Waals surface area contributed by atoms with Gasteiger partial charge < -0.3 is 16.0 Å². The van der Waals surface area contributed by atoms with Gasteiger partial charge >= 0.3 is 0 Å². The quantitative estimate of drug-likeness (QED) is 0.344. The second-order valence-corrected chi connectivity index (χ2v) is 6.69. The molecular formula is C14H27IN4OS. The van der Waals surface area contributed by atoms with Crippen LogP contribution in [-0.2, 0) is 4.79 Å². The summed E-state index contributed by atoms with van der Waals surface area (Å²) in [5.74, 6) is 0.795. The molecule has 0 spiro atoms. The predicted octanol–water partition coefficient (Wildman–Crippen LogP) is 1.72. The maximum atomic E-state index is 11.7. The summed E-state index contributed by atoms with van der Waals surface area (Å²) >= 11 is 1.94. The highest BCUT2D eigenvalue weighted by Gasteiger charge is 2.25. The second kappa shape index (κ2) is 9.76. The van der Waals surface area contributed by atoms with Crippen molar-refractivity contribution >= 4 is 47.6 Å². The first-order chi connectivity index (χ1) is 9.71. The average molecular weight is 426 g/mol. The summed E-state index contributed by atoms with van der Waals surface area (Å²) in [5, 5.41) is 10.4. The molecule has 0 saturated heterocycles. The second-order valence-electron chi connectivity index (χ2n) is 5.55. The van der Waals surface area contributed by atoms with E-state index in [0.717, 1.165) is 30.6 Å². The zero-order valence-corrected chi connectivity index (χ0v) is 16.0. The molecule has 0 aromatic rings. The first-order valence-corrected chi connectivity index (χ1v) is 8.87. The van der Waals surface area contributed by atoms with Gasteiger partial charge in [0.1, 0.15) is 6.54 Å². The van der Waals surface area contributed by atoms with Crippen LogP contribution in [-0.4, -0.2) is 48.5 Å². The van der Waals surface area contributed by atoms with Gasteiger partial charge in [0.2, 0.25) is 5.91 Å². The third-order valence-electron chi connectivity index (χ3n) is 3.73. The minimum absolute atomic E-state index is 0. The molecule has 2 aliphatic carbocycles. The molecule has 0 bridgehead atoms. The van der Waals surface area contributed by atoms with Crippen molar-refractivity contribution in [3.63, 3.8) is 0 Å². The van der Waals surface area contributed by atoms with E-state index in [1.165, 1.54) is 19.3 Å². The van der Waals surface area contributed by atoms with Crippen molar-refractivity contribution in [2.75, 3.05) is 19.3 Å². The molecule has 2 saturated carbocycles. The molecular weight excluding hydrogens is 399 g/mol. The number of halogens is 1. The number of hydrogen-bond donors (Lipinski definition) is 3. The molecule has 0 aromatic carbocycles. The number of rotatable bonds is 6. The number of hydrogen-bond acceptors (Lipinski definition) is 3. The van der Waals surface area contributed by atoms with Crippen LogP contribution in [0.3, 0.4) is 0 Å². The van der Waals surface area contributed by atoms with E-state index in [0.29, 0.717) is 12.1 Å². The third-order valence-corrected chi connectivity index (χ3v) is 4.82. The summed E-state index contributed by atoms with van der Waals surface area (Å²) in [6.07, 6.45) is 8.04. The Bertz CT molecular complexity index is 363. The molecule has 1 amide bonds. The molecule has 0 aliphatic heterocycles. The number of guanidine groups is 1. The van der Waals surface area contributed by atoms with E-state index in [4.69, 9.17) is 0 Å². The van der Waals surface area contributed by atoms with Crippen molar-refractivity contribution in [3.05, 3.63) is 0 Å². The van der Waals surface area contributed by atoms with Gasteiger partial charge in [-0.1, -0.05) is 0 Å². The molecule has 122 valence electrons. The smallest absolute Gasteiger partial charge is 0.242 e. The van der Waals surface area contributed by atoms with E-state index >= 15 is 0 Å². The van der Waals surface area contributed by atoms with Gasteiger partial charge in [-0.05, 0) is 45.3 Å². The van der Waals surface area contributed by atoms with E-state index < -0.39 is 0 Å². The Balaban J connectivity index is 0.00000220. The lowest BCUT2D eigenvalue weighted by Gasteiger charge is -2.17. The van der Waals surface area contributed by atoms with Gasteiger partial charge in [-0.25, -0.2) is 4.99 Å². The molecule has 0 radical (unpaired) electrons. The van der Waals surface area contributed by atoms with Crippen molar-refractivity contribution in [1.29, 1.82) is 0 Å². The fourth-order valence-electron chi connectivity index (χ4n) is 2.45. The van der Waals surface area contributed by atoms with Gasteiger partial charge in [-0.3, -0.25) is 4.79 Å². The highest BCUT2D eigenvalue weighted by atomic mass is 127. The Morgan fingerprint density at radius 1 is 1.19 bits per heavy atom. The number of nitrogens with one attached hydrogen (secondary N) is 3. The molecule has 21 heavy (non-hydrogen) atoms. The Kier molecular flexibility index (Phi) is 8.77. The van der Waals surface area contributed by atoms with Crippen LogP contribution < -0.4 is 16.0 Å². The first kappa shape index (κ1) is 18.9. The number of thioether (sulfide) groups is 1. The number of aliphatic imine (C=N–C) groups is 1. The van der Waals surface area contributed by atoms with Crippen molar-refractivity contribution in [2.24, 2.45) is 4.99 Å². The number of carbonyl (C=O) groups excluding carboxylic acids is 1. The molecule has 7 heteroatoms. The molecule has 3 N–H and O–H groups in total. The summed E-state index contributed by atoms with van der Waals surface area (Å²) < 4.78 is 0. The van der Waals surface area contributed by atoms with Crippen LogP contribution >= 0.6 is 35.7 Å². The molecule has 2 aliphatic rings. The maximum absolute atomic E-state index is 11.7. The SMILES string of the molecule is CCNC(=NCC(=O)NC1CC1)NC1CCC(SC)C1.I. The number of nitrogens with zero attached hydrogens (tertiary/aromatic N) is 1. The van der Waals surface area contributed by atoms with Crippen LogP contribution in [0.4, 0.5) is 0 Å². The van der Waals surface area contributed by atoms with Gasteiger partial charge in [0.05, 0.1) is 0 Å². The Hall–Kier alpha value is -0.180. The molecule has 2 fully saturated rings. The van der Waals surface area contributed by atoms with Crippen LogP contribution in [0.1, 0.15) is 39.0 Å². The normalized spacial score (nSPS) is 25.1. The average Bonchev–Trinajstić information content (AvgIpc) is 3.13. The van der Waals surface area contributed by atoms with Crippen LogP contribution in [0.25, 0.3) is 0 Å². The van der Waals surface area contributed by atoms with E-state index in [1.54, 1.807) is 0 Å². The summed E-state index contributed by atoms with van der Waals surface area (Å²) in [4.78, 5) is 16.0. The van der Waals surface area contributed by atoms with Gasteiger partial charge in [0.15, 0.2) is 5.96 Å². The summed E-state index contributed by atoms with van der Waals surface area (Å²) in [5.41, 5.74) is 0. The number of carbonyl (C=O) groups is 1. The van der Waals surface area contributed by atoms with Crippen LogP contribution in [0, 0.1) is 0 Å². The van der Waals surface area contributed by atoms with Gasteiger partial charge in [0, 0.05) is 23.9 Å². The first-order valence-electron chi connectivity index (χ1n) is 7.58. The lowest BCUT2D eigenvalue weighted by molar-refractivity contribution is -0.119. The van der Waals surface area contributed by atoms with E-state index in [9.17, 15) is 4.79 Å². The van der Waals surface area contributed by atoms with Gasteiger partial charge in [-0.2, -0.15) is 11.8 Å². The lowest BCUT2D eigenvalue weighted by Crippen LogP contribution is -2.43. The van der Waals surface area contributed by atoms with Crippen molar-refractivity contribution in [3.8, 4) is 0 Å².